The summed E-state index contributed by atoms with van der Waals surface area (Å²) < 4.78 is 0. The molecule has 0 bridgehead atoms. The smallest absolute Gasteiger partial charge is 0.225 e. The van der Waals surface area contributed by atoms with Gasteiger partial charge < -0.3 is 10.2 Å². The Balaban J connectivity index is 2.09. The van der Waals surface area contributed by atoms with Crippen LogP contribution in [0.15, 0.2) is 36.4 Å². The maximum atomic E-state index is 11.7. The van der Waals surface area contributed by atoms with Crippen molar-refractivity contribution >= 4 is 23.2 Å². The van der Waals surface area contributed by atoms with Crippen LogP contribution >= 0.6 is 0 Å². The molecule has 122 valence electrons. The summed E-state index contributed by atoms with van der Waals surface area (Å²) in [4.78, 5) is 13.8. The molecule has 0 aliphatic rings. The number of rotatable bonds is 7. The molecule has 1 amide bonds. The van der Waals surface area contributed by atoms with E-state index in [1.165, 1.54) is 5.56 Å². The van der Waals surface area contributed by atoms with Gasteiger partial charge in [-0.3, -0.25) is 4.79 Å². The van der Waals surface area contributed by atoms with Crippen molar-refractivity contribution in [3.63, 3.8) is 0 Å². The molecule has 1 aromatic heterocycles. The average Bonchev–Trinajstić information content (AvgIpc) is 2.55. The van der Waals surface area contributed by atoms with E-state index in [2.05, 4.69) is 59.4 Å². The number of carbonyl (C=O) groups is 1. The van der Waals surface area contributed by atoms with Crippen molar-refractivity contribution < 1.29 is 4.79 Å². The maximum absolute atomic E-state index is 11.7. The standard InChI is InChI=1S/C18H24N4O/c1-4-6-10-18(23)19-16-11-12-17(21-20-16)22(5-2)15-9-7-8-14(3)13-15/h7-9,11-13H,4-6,10H2,1-3H3,(H,19,20,23). The van der Waals surface area contributed by atoms with Crippen LogP contribution in [-0.4, -0.2) is 22.6 Å². The third-order valence-corrected chi connectivity index (χ3v) is 3.58. The number of amides is 1. The molecule has 1 heterocycles. The van der Waals surface area contributed by atoms with Crippen LogP contribution in [-0.2, 0) is 4.79 Å². The number of anilines is 3. The Hall–Kier alpha value is -2.43. The molecule has 2 aromatic rings. The predicted molar refractivity (Wildman–Crippen MR) is 94.0 cm³/mol. The lowest BCUT2D eigenvalue weighted by Crippen LogP contribution is -2.19. The minimum Gasteiger partial charge on any atom is -0.325 e. The first-order valence-electron chi connectivity index (χ1n) is 8.11. The van der Waals surface area contributed by atoms with Gasteiger partial charge in [-0.05, 0) is 50.1 Å². The van der Waals surface area contributed by atoms with Crippen LogP contribution < -0.4 is 10.2 Å². The van der Waals surface area contributed by atoms with E-state index >= 15 is 0 Å². The first kappa shape index (κ1) is 16.9. The SMILES string of the molecule is CCCCC(=O)Nc1ccc(N(CC)c2cccc(C)c2)nn1. The van der Waals surface area contributed by atoms with Gasteiger partial charge in [-0.2, -0.15) is 0 Å². The van der Waals surface area contributed by atoms with Gasteiger partial charge in [0.1, 0.15) is 0 Å². The van der Waals surface area contributed by atoms with E-state index in [1.54, 1.807) is 6.07 Å². The van der Waals surface area contributed by atoms with Gasteiger partial charge in [-0.1, -0.05) is 25.5 Å². The number of hydrogen-bond acceptors (Lipinski definition) is 4. The molecule has 0 spiro atoms. The first-order valence-corrected chi connectivity index (χ1v) is 8.11. The Kier molecular flexibility index (Phi) is 6.09. The van der Waals surface area contributed by atoms with Crippen molar-refractivity contribution in [1.82, 2.24) is 10.2 Å². The fourth-order valence-corrected chi connectivity index (χ4v) is 2.35. The molecule has 0 fully saturated rings. The monoisotopic (exact) mass is 312 g/mol. The molecule has 5 heteroatoms. The summed E-state index contributed by atoms with van der Waals surface area (Å²) in [6.45, 7) is 7.00. The second kappa shape index (κ2) is 8.27. The van der Waals surface area contributed by atoms with Gasteiger partial charge in [0, 0.05) is 18.7 Å². The first-order chi connectivity index (χ1) is 11.1. The highest BCUT2D eigenvalue weighted by molar-refractivity contribution is 5.89. The topological polar surface area (TPSA) is 58.1 Å². The van der Waals surface area contributed by atoms with Gasteiger partial charge >= 0.3 is 0 Å². The van der Waals surface area contributed by atoms with Gasteiger partial charge in [-0.25, -0.2) is 0 Å². The van der Waals surface area contributed by atoms with Crippen LogP contribution in [0.4, 0.5) is 17.3 Å². The summed E-state index contributed by atoms with van der Waals surface area (Å²) in [7, 11) is 0. The second-order valence-corrected chi connectivity index (χ2v) is 5.51. The molecule has 0 unspecified atom stereocenters. The van der Waals surface area contributed by atoms with Crippen molar-refractivity contribution in [2.45, 2.75) is 40.0 Å². The zero-order chi connectivity index (χ0) is 16.7. The van der Waals surface area contributed by atoms with E-state index in [1.807, 2.05) is 12.1 Å². The zero-order valence-electron chi connectivity index (χ0n) is 14.0. The van der Waals surface area contributed by atoms with Gasteiger partial charge in [0.25, 0.3) is 0 Å². The molecule has 5 nitrogen and oxygen atoms in total. The lowest BCUT2D eigenvalue weighted by molar-refractivity contribution is -0.116. The van der Waals surface area contributed by atoms with Crippen molar-refractivity contribution in [2.24, 2.45) is 0 Å². The molecule has 23 heavy (non-hydrogen) atoms. The lowest BCUT2D eigenvalue weighted by atomic mass is 10.2. The maximum Gasteiger partial charge on any atom is 0.225 e. The molecule has 0 saturated heterocycles. The Morgan fingerprint density at radius 2 is 2.00 bits per heavy atom. The van der Waals surface area contributed by atoms with Gasteiger partial charge in [0.05, 0.1) is 0 Å². The molecule has 2 rings (SSSR count). The lowest BCUT2D eigenvalue weighted by Gasteiger charge is -2.22. The largest absolute Gasteiger partial charge is 0.325 e. The molecular weight excluding hydrogens is 288 g/mol. The average molecular weight is 312 g/mol. The van der Waals surface area contributed by atoms with Gasteiger partial charge in [0.2, 0.25) is 5.91 Å². The van der Waals surface area contributed by atoms with Crippen molar-refractivity contribution in [1.29, 1.82) is 0 Å². The van der Waals surface area contributed by atoms with Crippen LogP contribution in [0, 0.1) is 6.92 Å². The van der Waals surface area contributed by atoms with E-state index in [4.69, 9.17) is 0 Å². The minimum atomic E-state index is -0.0140. The molecule has 0 radical (unpaired) electrons. The molecule has 0 atom stereocenters. The summed E-state index contributed by atoms with van der Waals surface area (Å²) in [5.74, 6) is 1.25. The normalized spacial score (nSPS) is 10.4. The molecule has 1 aromatic carbocycles. The van der Waals surface area contributed by atoms with Crippen LogP contribution in [0.5, 0.6) is 0 Å². The molecule has 0 aliphatic carbocycles. The molecule has 0 aliphatic heterocycles. The number of unbranched alkanes of at least 4 members (excludes halogenated alkanes) is 1. The number of nitrogens with zero attached hydrogens (tertiary/aromatic N) is 3. The highest BCUT2D eigenvalue weighted by atomic mass is 16.1. The third kappa shape index (κ3) is 4.77. The molecular formula is C18H24N4O. The van der Waals surface area contributed by atoms with Crippen molar-refractivity contribution in [3.8, 4) is 0 Å². The Bertz CT molecular complexity index is 640. The van der Waals surface area contributed by atoms with Gasteiger partial charge in [-0.15, -0.1) is 10.2 Å². The number of aryl methyl sites for hydroxylation is 1. The third-order valence-electron chi connectivity index (χ3n) is 3.58. The van der Waals surface area contributed by atoms with Crippen molar-refractivity contribution in [3.05, 3.63) is 42.0 Å². The van der Waals surface area contributed by atoms with E-state index in [9.17, 15) is 4.79 Å². The second-order valence-electron chi connectivity index (χ2n) is 5.51. The zero-order valence-corrected chi connectivity index (χ0v) is 14.0. The van der Waals surface area contributed by atoms with Crippen LogP contribution in [0.1, 0.15) is 38.7 Å². The number of aromatic nitrogens is 2. The van der Waals surface area contributed by atoms with E-state index < -0.39 is 0 Å². The van der Waals surface area contributed by atoms with Gasteiger partial charge in [0.15, 0.2) is 11.6 Å². The van der Waals surface area contributed by atoms with E-state index in [0.29, 0.717) is 12.2 Å². The number of benzene rings is 1. The Morgan fingerprint density at radius 3 is 2.61 bits per heavy atom. The molecule has 1 N–H and O–H groups in total. The Morgan fingerprint density at radius 1 is 1.17 bits per heavy atom. The summed E-state index contributed by atoms with van der Waals surface area (Å²) in [5, 5.41) is 11.1. The summed E-state index contributed by atoms with van der Waals surface area (Å²) in [6, 6.07) is 11.9. The highest BCUT2D eigenvalue weighted by Crippen LogP contribution is 2.24. The van der Waals surface area contributed by atoms with Crippen LogP contribution in [0.2, 0.25) is 0 Å². The summed E-state index contributed by atoms with van der Waals surface area (Å²) >= 11 is 0. The minimum absolute atomic E-state index is 0.0140. The molecule has 0 saturated carbocycles. The fourth-order valence-electron chi connectivity index (χ4n) is 2.35. The van der Waals surface area contributed by atoms with E-state index in [-0.39, 0.29) is 5.91 Å². The van der Waals surface area contributed by atoms with E-state index in [0.717, 1.165) is 30.9 Å². The van der Waals surface area contributed by atoms with Crippen molar-refractivity contribution in [2.75, 3.05) is 16.8 Å². The quantitative estimate of drug-likeness (QED) is 0.837. The number of carbonyl (C=O) groups excluding carboxylic acids is 1. The summed E-state index contributed by atoms with van der Waals surface area (Å²) in [6.07, 6.45) is 2.40. The summed E-state index contributed by atoms with van der Waals surface area (Å²) in [5.41, 5.74) is 2.29. The number of hydrogen-bond donors (Lipinski definition) is 1. The predicted octanol–water partition coefficient (Wildman–Crippen LogP) is 4.07. The fraction of sp³-hybridized carbons (Fsp3) is 0.389. The van der Waals surface area contributed by atoms with Crippen LogP contribution in [0.25, 0.3) is 0 Å². The highest BCUT2D eigenvalue weighted by Gasteiger charge is 2.10. The van der Waals surface area contributed by atoms with Crippen LogP contribution in [0.3, 0.4) is 0 Å². The Labute approximate surface area is 137 Å². The number of nitrogens with one attached hydrogen (secondary N) is 1.